The highest BCUT2D eigenvalue weighted by Crippen LogP contribution is 2.25. The predicted molar refractivity (Wildman–Crippen MR) is 113 cm³/mol. The molecule has 0 aromatic rings. The summed E-state index contributed by atoms with van der Waals surface area (Å²) in [6.45, 7) is 17.6. The number of carbonyl (C=O) groups is 1. The number of ether oxygens (including phenoxy) is 1. The first-order valence-corrected chi connectivity index (χ1v) is 18.5. The highest BCUT2D eigenvalue weighted by atomic mass is 28.5. The minimum Gasteiger partial charge on any atom is -0.478 e. The molecule has 0 bridgehead atoms. The lowest BCUT2D eigenvalue weighted by Crippen LogP contribution is -2.52. The lowest BCUT2D eigenvalue weighted by Gasteiger charge is -2.38. The van der Waals surface area contributed by atoms with Crippen molar-refractivity contribution in [3.8, 4) is 0 Å². The molecule has 0 aromatic carbocycles. The smallest absolute Gasteiger partial charge is 0.327 e. The molecule has 0 aliphatic heterocycles. The van der Waals surface area contributed by atoms with Gasteiger partial charge in [-0.3, -0.25) is 0 Å². The van der Waals surface area contributed by atoms with E-state index < -0.39 is 36.8 Å². The Hall–Kier alpha value is -0.299. The Morgan fingerprint density at radius 2 is 1.54 bits per heavy atom. The summed E-state index contributed by atoms with van der Waals surface area (Å²) >= 11 is 0. The first-order valence-electron chi connectivity index (χ1n) is 9.14. The predicted octanol–water partition coefficient (Wildman–Crippen LogP) is 3.95. The first kappa shape index (κ1) is 25.7. The summed E-state index contributed by atoms with van der Waals surface area (Å²) in [4.78, 5) is 10.5. The van der Waals surface area contributed by atoms with Crippen LogP contribution in [-0.2, 0) is 17.8 Å². The number of carboxylic acid groups (broad SMARTS) is 1. The van der Waals surface area contributed by atoms with Crippen LogP contribution in [-0.4, -0.2) is 60.2 Å². The summed E-state index contributed by atoms with van der Waals surface area (Å²) in [5, 5.41) is 18.8. The topological polar surface area (TPSA) is 85.2 Å². The van der Waals surface area contributed by atoms with Crippen LogP contribution in [0, 0.1) is 0 Å². The summed E-state index contributed by atoms with van der Waals surface area (Å²) in [5.41, 5.74) is -1.07. The van der Waals surface area contributed by atoms with Gasteiger partial charge < -0.3 is 23.2 Å². The van der Waals surface area contributed by atoms with E-state index in [2.05, 4.69) is 45.8 Å². The maximum absolute atomic E-state index is 10.5. The van der Waals surface area contributed by atoms with Gasteiger partial charge in [-0.1, -0.05) is 6.08 Å². The molecule has 1 atom stereocenters. The van der Waals surface area contributed by atoms with Gasteiger partial charge >= 0.3 is 14.5 Å². The van der Waals surface area contributed by atoms with Gasteiger partial charge in [0.05, 0.1) is 12.2 Å². The van der Waals surface area contributed by atoms with Crippen molar-refractivity contribution >= 4 is 31.2 Å². The zero-order chi connectivity index (χ0) is 20.6. The molecule has 2 N–H and O–H groups in total. The Balaban J connectivity index is 4.44. The van der Waals surface area contributed by atoms with Crippen LogP contribution < -0.4 is 0 Å². The molecule has 0 heterocycles. The maximum Gasteiger partial charge on any atom is 0.327 e. The molecular formula is C17H38O6Si3. The van der Waals surface area contributed by atoms with E-state index in [1.54, 1.807) is 6.92 Å². The quantitative estimate of drug-likeness (QED) is 0.265. The molecule has 0 aliphatic carbocycles. The fourth-order valence-corrected chi connectivity index (χ4v) is 15.2. The fraction of sp³-hybridized carbons (Fsp3) is 0.824. The van der Waals surface area contributed by atoms with Crippen LogP contribution in [0.5, 0.6) is 0 Å². The number of carboxylic acids is 1. The molecule has 0 aliphatic rings. The second-order valence-corrected chi connectivity index (χ2v) is 22.0. The van der Waals surface area contributed by atoms with Crippen molar-refractivity contribution in [3.05, 3.63) is 12.2 Å². The lowest BCUT2D eigenvalue weighted by atomic mass is 10.0. The lowest BCUT2D eigenvalue weighted by molar-refractivity contribution is -0.131. The van der Waals surface area contributed by atoms with E-state index in [0.29, 0.717) is 6.61 Å². The average Bonchev–Trinajstić information content (AvgIpc) is 2.32. The van der Waals surface area contributed by atoms with Crippen molar-refractivity contribution < 1.29 is 28.0 Å². The van der Waals surface area contributed by atoms with E-state index >= 15 is 0 Å². The number of hydrogen-bond donors (Lipinski definition) is 2. The number of rotatable bonds is 13. The molecule has 0 amide bonds. The third-order valence-corrected chi connectivity index (χ3v) is 12.8. The Morgan fingerprint density at radius 3 is 1.96 bits per heavy atom. The molecule has 0 saturated carbocycles. The molecular weight excluding hydrogens is 384 g/mol. The van der Waals surface area contributed by atoms with Crippen molar-refractivity contribution in [2.24, 2.45) is 0 Å². The summed E-state index contributed by atoms with van der Waals surface area (Å²) in [5.74, 6) is -1.02. The first-order chi connectivity index (χ1) is 11.5. The zero-order valence-electron chi connectivity index (χ0n) is 17.7. The van der Waals surface area contributed by atoms with Crippen molar-refractivity contribution in [1.82, 2.24) is 0 Å². The standard InChI is InChI=1S/C17H38O6Si3/c1-17(20,12-9-11-16(18)19)15-21-13-10-14-26(8,22-24(2,3)4)23-25(5,6)7/h9,11,20H,10,12-15H2,1-8H3,(H,18,19). The van der Waals surface area contributed by atoms with Gasteiger partial charge in [-0.2, -0.15) is 0 Å². The van der Waals surface area contributed by atoms with Crippen LogP contribution in [0.15, 0.2) is 12.2 Å². The van der Waals surface area contributed by atoms with Crippen LogP contribution >= 0.6 is 0 Å². The van der Waals surface area contributed by atoms with Gasteiger partial charge in [-0.15, -0.1) is 0 Å². The minimum atomic E-state index is -2.25. The monoisotopic (exact) mass is 422 g/mol. The molecule has 0 radical (unpaired) electrons. The zero-order valence-corrected chi connectivity index (χ0v) is 20.7. The van der Waals surface area contributed by atoms with E-state index in [0.717, 1.165) is 18.5 Å². The number of aliphatic carboxylic acids is 1. The average molecular weight is 423 g/mol. The summed E-state index contributed by atoms with van der Waals surface area (Å²) in [7, 11) is -5.63. The largest absolute Gasteiger partial charge is 0.478 e. The van der Waals surface area contributed by atoms with Crippen LogP contribution in [0.3, 0.4) is 0 Å². The molecule has 0 saturated heterocycles. The molecule has 26 heavy (non-hydrogen) atoms. The van der Waals surface area contributed by atoms with Gasteiger partial charge in [0.15, 0.2) is 16.6 Å². The molecule has 9 heteroatoms. The third-order valence-electron chi connectivity index (χ3n) is 3.19. The van der Waals surface area contributed by atoms with Crippen LogP contribution in [0.1, 0.15) is 19.8 Å². The van der Waals surface area contributed by atoms with Crippen molar-refractivity contribution in [2.45, 2.75) is 77.2 Å². The van der Waals surface area contributed by atoms with Crippen LogP contribution in [0.2, 0.25) is 51.9 Å². The van der Waals surface area contributed by atoms with Crippen LogP contribution in [0.25, 0.3) is 0 Å². The molecule has 0 rings (SSSR count). The van der Waals surface area contributed by atoms with Gasteiger partial charge in [-0.25, -0.2) is 4.79 Å². The highest BCUT2D eigenvalue weighted by Gasteiger charge is 2.39. The van der Waals surface area contributed by atoms with Crippen molar-refractivity contribution in [3.63, 3.8) is 0 Å². The van der Waals surface area contributed by atoms with Gasteiger partial charge in [-0.05, 0) is 71.6 Å². The number of hydrogen-bond acceptors (Lipinski definition) is 5. The van der Waals surface area contributed by atoms with Crippen LogP contribution in [0.4, 0.5) is 0 Å². The van der Waals surface area contributed by atoms with E-state index in [-0.39, 0.29) is 13.0 Å². The second-order valence-electron chi connectivity index (χ2n) is 9.16. The Kier molecular flexibility index (Phi) is 10.2. The molecule has 0 fully saturated rings. The van der Waals surface area contributed by atoms with E-state index in [9.17, 15) is 9.90 Å². The summed E-state index contributed by atoms with van der Waals surface area (Å²) in [6, 6.07) is 0.864. The van der Waals surface area contributed by atoms with E-state index in [1.807, 2.05) is 0 Å². The Morgan fingerprint density at radius 1 is 1.04 bits per heavy atom. The van der Waals surface area contributed by atoms with Gasteiger partial charge in [0.2, 0.25) is 0 Å². The molecule has 1 unspecified atom stereocenters. The molecule has 6 nitrogen and oxygen atoms in total. The minimum absolute atomic E-state index is 0.166. The molecule has 0 spiro atoms. The van der Waals surface area contributed by atoms with E-state index in [4.69, 9.17) is 18.1 Å². The molecule has 0 aromatic heterocycles. The molecule has 154 valence electrons. The SMILES string of the molecule is CC(O)(CC=CC(=O)O)COCCC[Si](C)(O[Si](C)(C)C)O[Si](C)(C)C. The number of aliphatic hydroxyl groups is 1. The summed E-state index contributed by atoms with van der Waals surface area (Å²) in [6.07, 6.45) is 3.54. The van der Waals surface area contributed by atoms with Crippen molar-refractivity contribution in [1.29, 1.82) is 0 Å². The van der Waals surface area contributed by atoms with Gasteiger partial charge in [0.1, 0.15) is 0 Å². The second kappa shape index (κ2) is 10.3. The van der Waals surface area contributed by atoms with Crippen molar-refractivity contribution in [2.75, 3.05) is 13.2 Å². The van der Waals surface area contributed by atoms with E-state index in [1.165, 1.54) is 6.08 Å². The fourth-order valence-electron chi connectivity index (χ4n) is 2.68. The van der Waals surface area contributed by atoms with Gasteiger partial charge in [0, 0.05) is 12.7 Å². The Labute approximate surface area is 162 Å². The summed E-state index contributed by atoms with van der Waals surface area (Å²) < 4.78 is 18.5. The highest BCUT2D eigenvalue weighted by molar-refractivity contribution is 6.87. The third kappa shape index (κ3) is 14.8. The normalized spacial score (nSPS) is 16.0. The maximum atomic E-state index is 10.5. The Bertz CT molecular complexity index is 450. The van der Waals surface area contributed by atoms with Gasteiger partial charge in [0.25, 0.3) is 0 Å².